The van der Waals surface area contributed by atoms with Crippen LogP contribution >= 0.6 is 0 Å². The second-order valence-electron chi connectivity index (χ2n) is 8.07. The van der Waals surface area contributed by atoms with Gasteiger partial charge in [-0.2, -0.15) is 0 Å². The van der Waals surface area contributed by atoms with Gasteiger partial charge >= 0.3 is 0 Å². The second kappa shape index (κ2) is 6.72. The standard InChI is InChI=1S/C20H30O3/c1-14(2)6-5-7-15(3)17-9-11-19(4)10-8-16(12-21)20(17,13-22)18(19)23/h6,8,12-13,15,17-18,23H,5,7,9-11H2,1-4H3/t15-,17?,18+,19+,20-/m1/s1. The summed E-state index contributed by atoms with van der Waals surface area (Å²) in [7, 11) is 0. The van der Waals surface area contributed by atoms with E-state index in [2.05, 4.69) is 26.8 Å². The summed E-state index contributed by atoms with van der Waals surface area (Å²) < 4.78 is 0. The van der Waals surface area contributed by atoms with Crippen molar-refractivity contribution in [3.05, 3.63) is 23.3 Å². The molecule has 1 fully saturated rings. The summed E-state index contributed by atoms with van der Waals surface area (Å²) in [5.41, 5.74) is 0.488. The molecule has 0 amide bonds. The number of fused-ring (bicyclic) bond motifs is 2. The maximum atomic E-state index is 12.1. The number of aliphatic hydroxyl groups excluding tert-OH is 1. The molecule has 3 heteroatoms. The van der Waals surface area contributed by atoms with E-state index in [0.29, 0.717) is 12.0 Å². The third-order valence-electron chi connectivity index (χ3n) is 6.22. The highest BCUT2D eigenvalue weighted by molar-refractivity contribution is 5.86. The largest absolute Gasteiger partial charge is 0.391 e. The van der Waals surface area contributed by atoms with Crippen LogP contribution in [0.3, 0.4) is 0 Å². The van der Waals surface area contributed by atoms with E-state index in [9.17, 15) is 14.7 Å². The summed E-state index contributed by atoms with van der Waals surface area (Å²) in [6, 6.07) is 0. The highest BCUT2D eigenvalue weighted by atomic mass is 16.3. The lowest BCUT2D eigenvalue weighted by molar-refractivity contribution is -0.153. The van der Waals surface area contributed by atoms with E-state index >= 15 is 0 Å². The van der Waals surface area contributed by atoms with E-state index < -0.39 is 11.5 Å². The third kappa shape index (κ3) is 2.96. The van der Waals surface area contributed by atoms with Crippen LogP contribution in [-0.2, 0) is 9.59 Å². The van der Waals surface area contributed by atoms with Gasteiger partial charge in [-0.1, -0.05) is 31.6 Å². The molecular formula is C20H30O3. The van der Waals surface area contributed by atoms with Crippen LogP contribution in [0.2, 0.25) is 0 Å². The summed E-state index contributed by atoms with van der Waals surface area (Å²) in [4.78, 5) is 23.7. The molecular weight excluding hydrogens is 288 g/mol. The van der Waals surface area contributed by atoms with E-state index in [1.807, 2.05) is 13.0 Å². The molecule has 2 bridgehead atoms. The van der Waals surface area contributed by atoms with Crippen molar-refractivity contribution in [2.75, 3.05) is 0 Å². The lowest BCUT2D eigenvalue weighted by Gasteiger charge is -2.56. The van der Waals surface area contributed by atoms with Crippen LogP contribution in [0.4, 0.5) is 0 Å². The fourth-order valence-corrected chi connectivity index (χ4v) is 4.71. The zero-order valence-corrected chi connectivity index (χ0v) is 14.8. The maximum Gasteiger partial charge on any atom is 0.146 e. The SMILES string of the molecule is CC(C)=CCC[C@@H](C)C1CC[C@]2(C)CC=C(C=O)[C@@]1(C=O)[C@H]2O. The molecule has 0 aromatic carbocycles. The lowest BCUT2D eigenvalue weighted by atomic mass is 9.48. The summed E-state index contributed by atoms with van der Waals surface area (Å²) in [6.45, 7) is 8.36. The van der Waals surface area contributed by atoms with Gasteiger partial charge in [-0.25, -0.2) is 0 Å². The van der Waals surface area contributed by atoms with Crippen molar-refractivity contribution >= 4 is 12.6 Å². The molecule has 0 aromatic heterocycles. The Labute approximate surface area is 139 Å². The van der Waals surface area contributed by atoms with Crippen molar-refractivity contribution in [1.82, 2.24) is 0 Å². The van der Waals surface area contributed by atoms with Gasteiger partial charge in [0.25, 0.3) is 0 Å². The van der Waals surface area contributed by atoms with Crippen molar-refractivity contribution in [3.8, 4) is 0 Å². The number of aliphatic hydroxyl groups is 1. The second-order valence-corrected chi connectivity index (χ2v) is 8.07. The molecule has 0 aliphatic heterocycles. The smallest absolute Gasteiger partial charge is 0.146 e. The van der Waals surface area contributed by atoms with Gasteiger partial charge in [-0.15, -0.1) is 0 Å². The zero-order chi connectivity index (χ0) is 17.3. The van der Waals surface area contributed by atoms with Crippen LogP contribution < -0.4 is 0 Å². The maximum absolute atomic E-state index is 12.1. The van der Waals surface area contributed by atoms with Gasteiger partial charge in [0.05, 0.1) is 11.5 Å². The van der Waals surface area contributed by atoms with Crippen molar-refractivity contribution in [2.45, 2.75) is 65.9 Å². The fourth-order valence-electron chi connectivity index (χ4n) is 4.71. The summed E-state index contributed by atoms with van der Waals surface area (Å²) >= 11 is 0. The minimum atomic E-state index is -1.02. The molecule has 5 atom stereocenters. The number of aldehydes is 2. The molecule has 0 saturated heterocycles. The lowest BCUT2D eigenvalue weighted by Crippen LogP contribution is -2.59. The highest BCUT2D eigenvalue weighted by Crippen LogP contribution is 2.59. The number of hydrogen-bond acceptors (Lipinski definition) is 3. The van der Waals surface area contributed by atoms with E-state index in [0.717, 1.165) is 38.3 Å². The molecule has 2 rings (SSSR count). The molecule has 1 unspecified atom stereocenters. The Morgan fingerprint density at radius 3 is 2.70 bits per heavy atom. The van der Waals surface area contributed by atoms with Gasteiger partial charge in [-0.05, 0) is 63.2 Å². The van der Waals surface area contributed by atoms with E-state index in [1.54, 1.807) is 0 Å². The van der Waals surface area contributed by atoms with Crippen molar-refractivity contribution in [1.29, 1.82) is 0 Å². The number of hydrogen-bond donors (Lipinski definition) is 1. The van der Waals surface area contributed by atoms with Crippen LogP contribution in [0.25, 0.3) is 0 Å². The highest BCUT2D eigenvalue weighted by Gasteiger charge is 2.60. The molecule has 23 heavy (non-hydrogen) atoms. The Morgan fingerprint density at radius 1 is 1.43 bits per heavy atom. The van der Waals surface area contributed by atoms with E-state index in [4.69, 9.17) is 0 Å². The average Bonchev–Trinajstić information content (AvgIpc) is 2.49. The van der Waals surface area contributed by atoms with Crippen LogP contribution in [0, 0.1) is 22.7 Å². The molecule has 128 valence electrons. The normalized spacial score (nSPS) is 37.5. The van der Waals surface area contributed by atoms with Gasteiger partial charge in [0.15, 0.2) is 0 Å². The Bertz CT molecular complexity index is 529. The van der Waals surface area contributed by atoms with Crippen molar-refractivity contribution in [2.24, 2.45) is 22.7 Å². The van der Waals surface area contributed by atoms with Crippen LogP contribution in [-0.4, -0.2) is 23.8 Å². The van der Waals surface area contributed by atoms with Crippen LogP contribution in [0.1, 0.15) is 59.8 Å². The predicted molar refractivity (Wildman–Crippen MR) is 91.9 cm³/mol. The minimum Gasteiger partial charge on any atom is -0.391 e. The van der Waals surface area contributed by atoms with E-state index in [1.165, 1.54) is 5.57 Å². The summed E-state index contributed by atoms with van der Waals surface area (Å²) in [5.74, 6) is 0.321. The van der Waals surface area contributed by atoms with Gasteiger partial charge in [0.1, 0.15) is 12.6 Å². The molecule has 0 radical (unpaired) electrons. The Hall–Kier alpha value is -1.22. The molecule has 1 N–H and O–H groups in total. The molecule has 0 heterocycles. The molecule has 0 aromatic rings. The Kier molecular flexibility index (Phi) is 5.30. The zero-order valence-electron chi connectivity index (χ0n) is 14.8. The molecule has 3 nitrogen and oxygen atoms in total. The average molecular weight is 318 g/mol. The Balaban J connectivity index is 2.34. The number of carbonyl (C=O) groups excluding carboxylic acids is 2. The first-order chi connectivity index (χ1) is 10.8. The van der Waals surface area contributed by atoms with Crippen molar-refractivity contribution < 1.29 is 14.7 Å². The predicted octanol–water partition coefficient (Wildman–Crippen LogP) is 3.86. The summed E-state index contributed by atoms with van der Waals surface area (Å²) in [6.07, 6.45) is 9.43. The molecule has 1 saturated carbocycles. The van der Waals surface area contributed by atoms with Gasteiger partial charge in [0, 0.05) is 5.57 Å². The van der Waals surface area contributed by atoms with Crippen molar-refractivity contribution in [3.63, 3.8) is 0 Å². The van der Waals surface area contributed by atoms with Crippen LogP contribution in [0.15, 0.2) is 23.3 Å². The first kappa shape index (κ1) is 18.1. The van der Waals surface area contributed by atoms with Crippen LogP contribution in [0.5, 0.6) is 0 Å². The molecule has 2 aliphatic rings. The third-order valence-corrected chi connectivity index (χ3v) is 6.22. The molecule has 0 spiro atoms. The summed E-state index contributed by atoms with van der Waals surface area (Å²) in [5, 5.41) is 11.0. The minimum absolute atomic E-state index is 0.0328. The van der Waals surface area contributed by atoms with Gasteiger partial charge in [0.2, 0.25) is 0 Å². The first-order valence-electron chi connectivity index (χ1n) is 8.75. The van der Waals surface area contributed by atoms with E-state index in [-0.39, 0.29) is 17.3 Å². The van der Waals surface area contributed by atoms with Gasteiger partial charge in [-0.3, -0.25) is 4.79 Å². The molecule has 2 aliphatic carbocycles. The monoisotopic (exact) mass is 318 g/mol. The number of rotatable bonds is 6. The first-order valence-corrected chi connectivity index (χ1v) is 8.75. The fraction of sp³-hybridized carbons (Fsp3) is 0.700. The topological polar surface area (TPSA) is 54.4 Å². The quantitative estimate of drug-likeness (QED) is 0.597. The number of carbonyl (C=O) groups is 2. The Morgan fingerprint density at radius 2 is 2.13 bits per heavy atom. The van der Waals surface area contributed by atoms with Gasteiger partial charge < -0.3 is 9.90 Å². The number of allylic oxidation sites excluding steroid dienone is 3.